The topological polar surface area (TPSA) is 70.7 Å². The molecule has 0 radical (unpaired) electrons. The van der Waals surface area contributed by atoms with Gasteiger partial charge in [-0.25, -0.2) is 0 Å². The van der Waals surface area contributed by atoms with Crippen LogP contribution < -0.4 is 11.1 Å². The number of nitrogens with one attached hydrogen (secondary N) is 2. The number of H-pyrrole nitrogens is 2. The predicted molar refractivity (Wildman–Crippen MR) is 100 cm³/mol. The number of aromatic amines is 2. The quantitative estimate of drug-likeness (QED) is 0.580. The Morgan fingerprint density at radius 2 is 1.76 bits per heavy atom. The maximum atomic E-state index is 12.4. The summed E-state index contributed by atoms with van der Waals surface area (Å²) in [7, 11) is 1.68. The molecule has 0 aliphatic heterocycles. The molecule has 0 spiro atoms. The van der Waals surface area contributed by atoms with E-state index in [-0.39, 0.29) is 11.1 Å². The first-order valence-electron chi connectivity index (χ1n) is 7.71. The monoisotopic (exact) mass is 351 g/mol. The van der Waals surface area contributed by atoms with Gasteiger partial charge in [-0.15, -0.1) is 0 Å². The number of pyridine rings is 2. The van der Waals surface area contributed by atoms with E-state index in [9.17, 15) is 9.59 Å². The van der Waals surface area contributed by atoms with E-state index in [1.54, 1.807) is 31.6 Å². The largest absolute Gasteiger partial charge is 0.341 e. The second-order valence-corrected chi connectivity index (χ2v) is 6.26. The Labute approximate surface area is 147 Å². The summed E-state index contributed by atoms with van der Waals surface area (Å²) in [6.07, 6.45) is 3.42. The van der Waals surface area contributed by atoms with E-state index in [1.807, 2.05) is 30.3 Å². The van der Waals surface area contributed by atoms with Crippen molar-refractivity contribution < 1.29 is 0 Å². The number of hydrogen-bond donors (Lipinski definition) is 2. The lowest BCUT2D eigenvalue weighted by Crippen LogP contribution is -2.17. The first-order valence-corrected chi connectivity index (χ1v) is 8.09. The number of fused-ring (bicyclic) bond motifs is 1. The van der Waals surface area contributed by atoms with Crippen molar-refractivity contribution in [3.8, 4) is 22.3 Å². The van der Waals surface area contributed by atoms with Crippen molar-refractivity contribution in [1.29, 1.82) is 0 Å². The van der Waals surface area contributed by atoms with E-state index in [0.717, 1.165) is 22.3 Å². The van der Waals surface area contributed by atoms with Crippen LogP contribution >= 0.6 is 11.6 Å². The summed E-state index contributed by atoms with van der Waals surface area (Å²) >= 11 is 6.08. The summed E-state index contributed by atoms with van der Waals surface area (Å²) in [5.41, 5.74) is 3.39. The molecule has 25 heavy (non-hydrogen) atoms. The molecule has 0 aliphatic carbocycles. The minimum atomic E-state index is -0.210. The Morgan fingerprint density at radius 1 is 1.00 bits per heavy atom. The minimum Gasteiger partial charge on any atom is -0.341 e. The van der Waals surface area contributed by atoms with Crippen molar-refractivity contribution in [2.75, 3.05) is 0 Å². The van der Waals surface area contributed by atoms with Crippen molar-refractivity contribution in [3.63, 3.8) is 0 Å². The summed E-state index contributed by atoms with van der Waals surface area (Å²) < 4.78 is 1.49. The molecule has 5 nitrogen and oxygen atoms in total. The SMILES string of the molecule is Cn1cc(-c2cc(=O)[nH]cc2-c2ccccc2)c2cc(Cl)[nH]c2c1=O. The molecule has 0 bridgehead atoms. The lowest BCUT2D eigenvalue weighted by atomic mass is 9.95. The molecule has 0 amide bonds. The fourth-order valence-electron chi connectivity index (χ4n) is 3.07. The predicted octanol–water partition coefficient (Wildman–Crippen LogP) is 3.54. The number of benzene rings is 1. The van der Waals surface area contributed by atoms with E-state index in [2.05, 4.69) is 9.97 Å². The minimum absolute atomic E-state index is 0.170. The fraction of sp³-hybridized carbons (Fsp3) is 0.0526. The van der Waals surface area contributed by atoms with Gasteiger partial charge in [0.15, 0.2) is 0 Å². The second-order valence-electron chi connectivity index (χ2n) is 5.86. The lowest BCUT2D eigenvalue weighted by molar-refractivity contribution is 0.872. The van der Waals surface area contributed by atoms with Gasteiger partial charge in [0.2, 0.25) is 5.56 Å². The molecule has 3 heterocycles. The van der Waals surface area contributed by atoms with Crippen LogP contribution in [-0.4, -0.2) is 14.5 Å². The molecular formula is C19H14ClN3O2. The summed E-state index contributed by atoms with van der Waals surface area (Å²) in [6, 6.07) is 13.0. The highest BCUT2D eigenvalue weighted by Crippen LogP contribution is 2.34. The van der Waals surface area contributed by atoms with Crippen molar-refractivity contribution in [3.05, 3.63) is 80.7 Å². The zero-order valence-electron chi connectivity index (χ0n) is 13.3. The number of nitrogens with zero attached hydrogens (tertiary/aromatic N) is 1. The van der Waals surface area contributed by atoms with Gasteiger partial charge < -0.3 is 14.5 Å². The van der Waals surface area contributed by atoms with Gasteiger partial charge in [-0.1, -0.05) is 41.9 Å². The maximum absolute atomic E-state index is 12.4. The van der Waals surface area contributed by atoms with Gasteiger partial charge in [-0.05, 0) is 17.2 Å². The molecule has 0 fully saturated rings. The van der Waals surface area contributed by atoms with E-state index in [0.29, 0.717) is 16.1 Å². The highest BCUT2D eigenvalue weighted by atomic mass is 35.5. The molecule has 3 aromatic heterocycles. The average molecular weight is 352 g/mol. The average Bonchev–Trinajstić information content (AvgIpc) is 3.01. The molecule has 0 atom stereocenters. The van der Waals surface area contributed by atoms with Gasteiger partial charge in [-0.2, -0.15) is 0 Å². The Morgan fingerprint density at radius 3 is 2.52 bits per heavy atom. The normalized spacial score (nSPS) is 11.1. The second kappa shape index (κ2) is 5.79. The Hall–Kier alpha value is -3.05. The van der Waals surface area contributed by atoms with Crippen LogP contribution in [0.5, 0.6) is 0 Å². The highest BCUT2D eigenvalue weighted by molar-refractivity contribution is 6.31. The summed E-state index contributed by atoms with van der Waals surface area (Å²) in [5, 5.41) is 1.07. The Bertz CT molecular complexity index is 1200. The number of hydrogen-bond acceptors (Lipinski definition) is 2. The van der Waals surface area contributed by atoms with Crippen LogP contribution in [0.4, 0.5) is 0 Å². The third-order valence-corrected chi connectivity index (χ3v) is 4.43. The van der Waals surface area contributed by atoms with Gasteiger partial charge in [0.05, 0.1) is 0 Å². The van der Waals surface area contributed by atoms with Crippen molar-refractivity contribution >= 4 is 22.5 Å². The number of aromatic nitrogens is 3. The molecule has 0 aliphatic rings. The Balaban J connectivity index is 2.11. The highest BCUT2D eigenvalue weighted by Gasteiger charge is 2.16. The zero-order valence-corrected chi connectivity index (χ0v) is 14.1. The van der Waals surface area contributed by atoms with E-state index < -0.39 is 0 Å². The molecule has 0 unspecified atom stereocenters. The smallest absolute Gasteiger partial charge is 0.274 e. The van der Waals surface area contributed by atoms with E-state index >= 15 is 0 Å². The third-order valence-electron chi connectivity index (χ3n) is 4.23. The lowest BCUT2D eigenvalue weighted by Gasteiger charge is -2.12. The first kappa shape index (κ1) is 15.5. The van der Waals surface area contributed by atoms with Crippen LogP contribution in [0.3, 0.4) is 0 Å². The molecule has 0 saturated carbocycles. The molecule has 4 rings (SSSR count). The molecule has 2 N–H and O–H groups in total. The van der Waals surface area contributed by atoms with Gasteiger partial charge in [0.25, 0.3) is 5.56 Å². The van der Waals surface area contributed by atoms with Gasteiger partial charge in [0.1, 0.15) is 10.7 Å². The maximum Gasteiger partial charge on any atom is 0.274 e. The van der Waals surface area contributed by atoms with Crippen LogP contribution in [0, 0.1) is 0 Å². The van der Waals surface area contributed by atoms with Gasteiger partial charge in [0, 0.05) is 42.0 Å². The Kier molecular flexibility index (Phi) is 3.58. The third kappa shape index (κ3) is 2.58. The van der Waals surface area contributed by atoms with E-state index in [1.165, 1.54) is 4.57 Å². The van der Waals surface area contributed by atoms with Crippen molar-refractivity contribution in [2.45, 2.75) is 0 Å². The van der Waals surface area contributed by atoms with Crippen molar-refractivity contribution in [2.24, 2.45) is 7.05 Å². The molecule has 6 heteroatoms. The number of rotatable bonds is 2. The summed E-state index contributed by atoms with van der Waals surface area (Å²) in [4.78, 5) is 30.0. The van der Waals surface area contributed by atoms with Crippen LogP contribution in [0.1, 0.15) is 0 Å². The van der Waals surface area contributed by atoms with Crippen LogP contribution in [0.2, 0.25) is 5.15 Å². The van der Waals surface area contributed by atoms with Crippen LogP contribution in [0.25, 0.3) is 33.2 Å². The molecule has 4 aromatic rings. The number of halogens is 1. The van der Waals surface area contributed by atoms with Gasteiger partial charge in [-0.3, -0.25) is 9.59 Å². The standard InChI is InChI=1S/C19H14ClN3O2/c1-23-10-15(13-7-16(20)22-18(13)19(23)25)12-8-17(24)21-9-14(12)11-5-3-2-4-6-11/h2-10,22H,1H3,(H,21,24). The number of aryl methyl sites for hydroxylation is 1. The molecule has 0 saturated heterocycles. The summed E-state index contributed by atoms with van der Waals surface area (Å²) in [6.45, 7) is 0. The van der Waals surface area contributed by atoms with Crippen molar-refractivity contribution in [1.82, 2.24) is 14.5 Å². The molecule has 1 aromatic carbocycles. The molecule has 124 valence electrons. The first-order chi connectivity index (χ1) is 12.0. The molecular weight excluding hydrogens is 338 g/mol. The van der Waals surface area contributed by atoms with Crippen LogP contribution in [0.15, 0.2) is 64.4 Å². The fourth-order valence-corrected chi connectivity index (χ4v) is 3.27. The van der Waals surface area contributed by atoms with E-state index in [4.69, 9.17) is 11.6 Å². The zero-order chi connectivity index (χ0) is 17.6. The van der Waals surface area contributed by atoms with Crippen LogP contribution in [-0.2, 0) is 7.05 Å². The summed E-state index contributed by atoms with van der Waals surface area (Å²) in [5.74, 6) is 0. The van der Waals surface area contributed by atoms with Gasteiger partial charge >= 0.3 is 0 Å².